The highest BCUT2D eigenvalue weighted by molar-refractivity contribution is 5.36. The molecule has 0 saturated carbocycles. The molecule has 0 radical (unpaired) electrons. The third kappa shape index (κ3) is 2.50. The number of hydrogen-bond donors (Lipinski definition) is 1. The molecule has 2 nitrogen and oxygen atoms in total. The lowest BCUT2D eigenvalue weighted by Crippen LogP contribution is -2.14. The molecule has 0 aliphatic rings. The predicted molar refractivity (Wildman–Crippen MR) is 66.1 cm³/mol. The molecule has 0 saturated heterocycles. The molecular formula is C14H15FN2. The Morgan fingerprint density at radius 3 is 2.41 bits per heavy atom. The van der Waals surface area contributed by atoms with Gasteiger partial charge in [-0.25, -0.2) is 4.39 Å². The maximum atomic E-state index is 13.6. The summed E-state index contributed by atoms with van der Waals surface area (Å²) in [7, 11) is 0. The number of hydrogen-bond acceptors (Lipinski definition) is 2. The number of benzene rings is 1. The van der Waals surface area contributed by atoms with Crippen molar-refractivity contribution in [2.45, 2.75) is 19.9 Å². The van der Waals surface area contributed by atoms with E-state index < -0.39 is 6.04 Å². The minimum absolute atomic E-state index is 0.362. The van der Waals surface area contributed by atoms with Gasteiger partial charge < -0.3 is 5.73 Å². The van der Waals surface area contributed by atoms with E-state index in [2.05, 4.69) is 11.1 Å². The fourth-order valence-electron chi connectivity index (χ4n) is 2.01. The Hall–Kier alpha value is -1.74. The molecule has 0 aliphatic carbocycles. The Balaban J connectivity index is 2.43. The summed E-state index contributed by atoms with van der Waals surface area (Å²) >= 11 is 0. The normalized spacial score (nSPS) is 12.5. The summed E-state index contributed by atoms with van der Waals surface area (Å²) < 4.78 is 13.6. The molecule has 3 heteroatoms. The van der Waals surface area contributed by atoms with Gasteiger partial charge in [-0.3, -0.25) is 4.98 Å². The van der Waals surface area contributed by atoms with Gasteiger partial charge in [0.15, 0.2) is 0 Å². The van der Waals surface area contributed by atoms with E-state index in [1.165, 1.54) is 6.20 Å². The van der Waals surface area contributed by atoms with Gasteiger partial charge in [-0.2, -0.15) is 0 Å². The van der Waals surface area contributed by atoms with E-state index in [-0.39, 0.29) is 5.82 Å². The quantitative estimate of drug-likeness (QED) is 0.861. The van der Waals surface area contributed by atoms with Crippen molar-refractivity contribution in [3.63, 3.8) is 0 Å². The molecule has 2 rings (SSSR count). The predicted octanol–water partition coefficient (Wildman–Crippen LogP) is 2.89. The highest BCUT2D eigenvalue weighted by atomic mass is 19.1. The van der Waals surface area contributed by atoms with E-state index in [0.717, 1.165) is 16.7 Å². The molecule has 0 fully saturated rings. The van der Waals surface area contributed by atoms with Gasteiger partial charge in [0.25, 0.3) is 0 Å². The highest BCUT2D eigenvalue weighted by Crippen LogP contribution is 2.23. The van der Waals surface area contributed by atoms with Crippen LogP contribution in [0.4, 0.5) is 4.39 Å². The van der Waals surface area contributed by atoms with Crippen LogP contribution in [0.2, 0.25) is 0 Å². The van der Waals surface area contributed by atoms with Gasteiger partial charge in [0, 0.05) is 11.8 Å². The monoisotopic (exact) mass is 230 g/mol. The molecule has 1 atom stereocenters. The highest BCUT2D eigenvalue weighted by Gasteiger charge is 2.13. The molecule has 1 unspecified atom stereocenters. The van der Waals surface area contributed by atoms with Crippen molar-refractivity contribution in [1.29, 1.82) is 0 Å². The number of halogens is 1. The van der Waals surface area contributed by atoms with Gasteiger partial charge in [0.2, 0.25) is 0 Å². The number of rotatable bonds is 2. The average molecular weight is 230 g/mol. The van der Waals surface area contributed by atoms with Crippen molar-refractivity contribution >= 4 is 0 Å². The Kier molecular flexibility index (Phi) is 3.20. The Morgan fingerprint density at radius 2 is 1.82 bits per heavy atom. The smallest absolute Gasteiger partial charge is 0.146 e. The molecule has 2 aromatic rings. The molecule has 1 aromatic carbocycles. The summed E-state index contributed by atoms with van der Waals surface area (Å²) in [5, 5.41) is 0. The minimum Gasteiger partial charge on any atom is -0.320 e. The molecule has 0 aliphatic heterocycles. The molecule has 17 heavy (non-hydrogen) atoms. The summed E-state index contributed by atoms with van der Waals surface area (Å²) in [6, 6.07) is 7.21. The third-order valence-electron chi connectivity index (χ3n) is 2.74. The summed E-state index contributed by atoms with van der Waals surface area (Å²) in [5.41, 5.74) is 9.75. The van der Waals surface area contributed by atoms with Crippen LogP contribution in [0.15, 0.2) is 36.7 Å². The first-order valence-electron chi connectivity index (χ1n) is 5.51. The maximum Gasteiger partial charge on any atom is 0.146 e. The SMILES string of the molecule is Cc1cc(C)cc(C(N)c2ccncc2F)c1. The Labute approximate surface area is 100 Å². The number of aromatic nitrogens is 1. The van der Waals surface area contributed by atoms with Gasteiger partial charge >= 0.3 is 0 Å². The van der Waals surface area contributed by atoms with E-state index in [1.54, 1.807) is 12.3 Å². The lowest BCUT2D eigenvalue weighted by atomic mass is 9.97. The van der Waals surface area contributed by atoms with Crippen LogP contribution >= 0.6 is 0 Å². The van der Waals surface area contributed by atoms with Crippen LogP contribution in [0.5, 0.6) is 0 Å². The minimum atomic E-state index is -0.448. The van der Waals surface area contributed by atoms with Crippen molar-refractivity contribution < 1.29 is 4.39 Å². The van der Waals surface area contributed by atoms with Crippen LogP contribution in [-0.4, -0.2) is 4.98 Å². The van der Waals surface area contributed by atoms with Crippen molar-refractivity contribution in [1.82, 2.24) is 4.98 Å². The summed E-state index contributed by atoms with van der Waals surface area (Å²) in [5.74, 6) is -0.362. The van der Waals surface area contributed by atoms with Crippen molar-refractivity contribution in [2.75, 3.05) is 0 Å². The molecule has 0 amide bonds. The largest absolute Gasteiger partial charge is 0.320 e. The molecule has 1 aromatic heterocycles. The zero-order valence-corrected chi connectivity index (χ0v) is 9.94. The average Bonchev–Trinajstić information content (AvgIpc) is 2.27. The van der Waals surface area contributed by atoms with Crippen LogP contribution in [0, 0.1) is 19.7 Å². The van der Waals surface area contributed by atoms with Gasteiger partial charge in [0.1, 0.15) is 5.82 Å². The van der Waals surface area contributed by atoms with Crippen LogP contribution < -0.4 is 5.73 Å². The van der Waals surface area contributed by atoms with Gasteiger partial charge in [0.05, 0.1) is 12.2 Å². The maximum absolute atomic E-state index is 13.6. The number of pyridine rings is 1. The van der Waals surface area contributed by atoms with E-state index in [4.69, 9.17) is 5.73 Å². The van der Waals surface area contributed by atoms with Crippen LogP contribution in [0.25, 0.3) is 0 Å². The van der Waals surface area contributed by atoms with Gasteiger partial charge in [-0.05, 0) is 25.5 Å². The zero-order valence-electron chi connectivity index (χ0n) is 9.94. The topological polar surface area (TPSA) is 38.9 Å². The number of nitrogens with two attached hydrogens (primary N) is 1. The van der Waals surface area contributed by atoms with Crippen LogP contribution in [-0.2, 0) is 0 Å². The second-order valence-electron chi connectivity index (χ2n) is 4.30. The first kappa shape index (κ1) is 11.7. The van der Waals surface area contributed by atoms with Crippen LogP contribution in [0.1, 0.15) is 28.3 Å². The van der Waals surface area contributed by atoms with Crippen molar-refractivity contribution in [3.8, 4) is 0 Å². The van der Waals surface area contributed by atoms with Crippen LogP contribution in [0.3, 0.4) is 0 Å². The molecule has 1 heterocycles. The number of nitrogens with zero attached hydrogens (tertiary/aromatic N) is 1. The number of aryl methyl sites for hydroxylation is 2. The lowest BCUT2D eigenvalue weighted by molar-refractivity contribution is 0.593. The van der Waals surface area contributed by atoms with Gasteiger partial charge in [-0.1, -0.05) is 29.3 Å². The molecule has 88 valence electrons. The molecule has 0 bridgehead atoms. The van der Waals surface area contributed by atoms with Crippen molar-refractivity contribution in [3.05, 3.63) is 64.7 Å². The van der Waals surface area contributed by atoms with E-state index in [9.17, 15) is 4.39 Å². The Bertz CT molecular complexity index is 517. The summed E-state index contributed by atoms with van der Waals surface area (Å²) in [6.07, 6.45) is 2.75. The molecule has 2 N–H and O–H groups in total. The lowest BCUT2D eigenvalue weighted by Gasteiger charge is -2.14. The Morgan fingerprint density at radius 1 is 1.18 bits per heavy atom. The third-order valence-corrected chi connectivity index (χ3v) is 2.74. The molecule has 0 spiro atoms. The van der Waals surface area contributed by atoms with E-state index in [0.29, 0.717) is 5.56 Å². The fourth-order valence-corrected chi connectivity index (χ4v) is 2.01. The summed E-state index contributed by atoms with van der Waals surface area (Å²) in [6.45, 7) is 4.01. The van der Waals surface area contributed by atoms with Gasteiger partial charge in [-0.15, -0.1) is 0 Å². The fraction of sp³-hybridized carbons (Fsp3) is 0.214. The first-order chi connectivity index (χ1) is 8.08. The standard InChI is InChI=1S/C14H15FN2/c1-9-5-10(2)7-11(6-9)14(16)12-3-4-17-8-13(12)15/h3-8,14H,16H2,1-2H3. The zero-order chi connectivity index (χ0) is 12.4. The molecular weight excluding hydrogens is 215 g/mol. The van der Waals surface area contributed by atoms with E-state index >= 15 is 0 Å². The van der Waals surface area contributed by atoms with Crippen molar-refractivity contribution in [2.24, 2.45) is 5.73 Å². The van der Waals surface area contributed by atoms with E-state index in [1.807, 2.05) is 26.0 Å². The summed E-state index contributed by atoms with van der Waals surface area (Å²) in [4.78, 5) is 3.73. The second kappa shape index (κ2) is 4.63. The first-order valence-corrected chi connectivity index (χ1v) is 5.51. The second-order valence-corrected chi connectivity index (χ2v) is 4.30.